The van der Waals surface area contributed by atoms with Crippen molar-refractivity contribution >= 4 is 5.69 Å². The standard InChI is InChI=1S/C15H20N2O.C15H27N.C2H6/c1-4-16-10-13(3)11-17-7-8-18-15-6-5-12(2)9-14(15)17;1-7-13(4)12-15(8-2)11-10-14(5)16(6)9-3;1-2/h4-6,9-10,16H,1,7-8,11H2,2-3H3;8,12H,5,7,9-11H2,1-4,6H3;1-2H3/b13-10+;13-12-,15-8+;. The quantitative estimate of drug-likeness (QED) is 0.312. The number of nitrogens with zero attached hydrogens (tertiary/aromatic N) is 2. The first-order valence-corrected chi connectivity index (χ1v) is 13.5. The van der Waals surface area contributed by atoms with Crippen molar-refractivity contribution in [1.29, 1.82) is 0 Å². The molecule has 0 aliphatic carbocycles. The van der Waals surface area contributed by atoms with Crippen LogP contribution >= 0.6 is 0 Å². The molecule has 1 aromatic rings. The zero-order valence-electron chi connectivity index (χ0n) is 24.7. The van der Waals surface area contributed by atoms with Crippen molar-refractivity contribution < 1.29 is 4.74 Å². The van der Waals surface area contributed by atoms with Crippen molar-refractivity contribution in [1.82, 2.24) is 10.2 Å². The van der Waals surface area contributed by atoms with E-state index in [2.05, 4.69) is 107 Å². The van der Waals surface area contributed by atoms with E-state index < -0.39 is 0 Å². The second kappa shape index (κ2) is 19.3. The molecule has 0 aromatic heterocycles. The lowest BCUT2D eigenvalue weighted by atomic mass is 10.0. The summed E-state index contributed by atoms with van der Waals surface area (Å²) in [7, 11) is 2.10. The van der Waals surface area contributed by atoms with E-state index in [4.69, 9.17) is 4.74 Å². The Bertz CT molecular complexity index is 879. The molecular weight excluding hydrogens is 442 g/mol. The molecule has 2 rings (SSSR count). The fraction of sp³-hybridized carbons (Fsp3) is 0.500. The Hall–Kier alpha value is -2.88. The van der Waals surface area contributed by atoms with Gasteiger partial charge in [-0.05, 0) is 83.4 Å². The van der Waals surface area contributed by atoms with Crippen LogP contribution in [0.4, 0.5) is 5.69 Å². The molecule has 1 aliphatic heterocycles. The molecule has 1 N–H and O–H groups in total. The maximum Gasteiger partial charge on any atom is 0.142 e. The number of hydrogen-bond donors (Lipinski definition) is 1. The third kappa shape index (κ3) is 12.7. The molecule has 0 fully saturated rings. The zero-order chi connectivity index (χ0) is 27.5. The Labute approximate surface area is 223 Å². The monoisotopic (exact) mass is 495 g/mol. The highest BCUT2D eigenvalue weighted by molar-refractivity contribution is 5.61. The Kier molecular flexibility index (Phi) is 17.8. The van der Waals surface area contributed by atoms with Crippen LogP contribution in [-0.2, 0) is 0 Å². The molecule has 0 unspecified atom stereocenters. The summed E-state index contributed by atoms with van der Waals surface area (Å²) >= 11 is 0. The number of nitrogens with one attached hydrogen (secondary N) is 1. The van der Waals surface area contributed by atoms with Crippen LogP contribution in [0.5, 0.6) is 5.75 Å². The normalized spacial score (nSPS) is 13.2. The molecule has 0 saturated heterocycles. The van der Waals surface area contributed by atoms with Gasteiger partial charge in [0.15, 0.2) is 0 Å². The highest BCUT2D eigenvalue weighted by Crippen LogP contribution is 2.32. The number of hydrogen-bond acceptors (Lipinski definition) is 4. The van der Waals surface area contributed by atoms with Crippen LogP contribution in [0.2, 0.25) is 0 Å². The van der Waals surface area contributed by atoms with Gasteiger partial charge in [0.05, 0.1) is 12.2 Å². The largest absolute Gasteiger partial charge is 0.490 e. The summed E-state index contributed by atoms with van der Waals surface area (Å²) < 4.78 is 5.68. The molecule has 0 saturated carbocycles. The van der Waals surface area contributed by atoms with Crippen LogP contribution in [0.1, 0.15) is 73.3 Å². The second-order valence-electron chi connectivity index (χ2n) is 8.89. The van der Waals surface area contributed by atoms with Crippen LogP contribution in [0.3, 0.4) is 0 Å². The van der Waals surface area contributed by atoms with Crippen LogP contribution in [0.15, 0.2) is 78.3 Å². The number of anilines is 1. The minimum atomic E-state index is 0.748. The molecule has 36 heavy (non-hydrogen) atoms. The fourth-order valence-electron chi connectivity index (χ4n) is 3.52. The zero-order valence-corrected chi connectivity index (χ0v) is 24.7. The molecule has 0 spiro atoms. The molecule has 1 aromatic carbocycles. The van der Waals surface area contributed by atoms with E-state index in [9.17, 15) is 0 Å². The van der Waals surface area contributed by atoms with Gasteiger partial charge >= 0.3 is 0 Å². The van der Waals surface area contributed by atoms with Crippen molar-refractivity contribution in [2.45, 2.75) is 74.7 Å². The van der Waals surface area contributed by atoms with Gasteiger partial charge in [-0.2, -0.15) is 0 Å². The summed E-state index contributed by atoms with van der Waals surface area (Å²) in [6, 6.07) is 6.32. The summed E-state index contributed by atoms with van der Waals surface area (Å²) in [6.07, 6.45) is 11.5. The topological polar surface area (TPSA) is 27.7 Å². The number of benzene rings is 1. The van der Waals surface area contributed by atoms with Gasteiger partial charge in [-0.15, -0.1) is 0 Å². The summed E-state index contributed by atoms with van der Waals surface area (Å²) in [6.45, 7) is 28.2. The molecule has 0 atom stereocenters. The Balaban J connectivity index is 0.000000642. The Morgan fingerprint density at radius 1 is 1.17 bits per heavy atom. The van der Waals surface area contributed by atoms with Crippen molar-refractivity contribution in [3.8, 4) is 5.75 Å². The first kappa shape index (κ1) is 33.1. The average Bonchev–Trinajstić information content (AvgIpc) is 2.90. The minimum absolute atomic E-state index is 0.748. The van der Waals surface area contributed by atoms with E-state index in [1.807, 2.05) is 20.0 Å². The third-order valence-corrected chi connectivity index (χ3v) is 6.04. The molecular formula is C32H53N3O. The van der Waals surface area contributed by atoms with Gasteiger partial charge in [-0.3, -0.25) is 0 Å². The van der Waals surface area contributed by atoms with Crippen LogP contribution in [0, 0.1) is 6.92 Å². The summed E-state index contributed by atoms with van der Waals surface area (Å²) in [5.74, 6) is 0.983. The van der Waals surface area contributed by atoms with Crippen molar-refractivity contribution in [2.24, 2.45) is 0 Å². The van der Waals surface area contributed by atoms with E-state index in [1.54, 1.807) is 6.20 Å². The van der Waals surface area contributed by atoms with E-state index in [0.717, 1.165) is 51.3 Å². The minimum Gasteiger partial charge on any atom is -0.490 e. The lowest BCUT2D eigenvalue weighted by Crippen LogP contribution is -2.34. The maximum absolute atomic E-state index is 5.68. The summed E-state index contributed by atoms with van der Waals surface area (Å²) in [5.41, 5.74) is 7.81. The summed E-state index contributed by atoms with van der Waals surface area (Å²) in [4.78, 5) is 4.56. The van der Waals surface area contributed by atoms with Gasteiger partial charge in [0.25, 0.3) is 0 Å². The average molecular weight is 496 g/mol. The van der Waals surface area contributed by atoms with E-state index >= 15 is 0 Å². The Morgan fingerprint density at radius 2 is 1.86 bits per heavy atom. The predicted octanol–water partition coefficient (Wildman–Crippen LogP) is 8.39. The maximum atomic E-state index is 5.68. The van der Waals surface area contributed by atoms with Gasteiger partial charge < -0.3 is 19.9 Å². The van der Waals surface area contributed by atoms with Crippen LogP contribution in [0.25, 0.3) is 0 Å². The van der Waals surface area contributed by atoms with Gasteiger partial charge in [-0.25, -0.2) is 0 Å². The molecule has 1 heterocycles. The highest BCUT2D eigenvalue weighted by Gasteiger charge is 2.17. The SMILES string of the molecule is C=C(CCC(/C=C(/C)CC)=C\C)N(C)CC.C=CN/C=C(\C)CN1CCOc2ccc(C)cc21.CC. The molecule has 202 valence electrons. The van der Waals surface area contributed by atoms with Crippen LogP contribution in [-0.4, -0.2) is 38.2 Å². The number of aryl methyl sites for hydroxylation is 1. The molecule has 0 amide bonds. The predicted molar refractivity (Wildman–Crippen MR) is 162 cm³/mol. The smallest absolute Gasteiger partial charge is 0.142 e. The van der Waals surface area contributed by atoms with Gasteiger partial charge in [0, 0.05) is 32.0 Å². The Morgan fingerprint density at radius 3 is 2.44 bits per heavy atom. The number of fused-ring (bicyclic) bond motifs is 1. The van der Waals surface area contributed by atoms with E-state index in [1.165, 1.54) is 33.7 Å². The molecule has 4 heteroatoms. The number of ether oxygens (including phenoxy) is 1. The molecule has 4 nitrogen and oxygen atoms in total. The molecule has 0 bridgehead atoms. The van der Waals surface area contributed by atoms with Gasteiger partial charge in [0.1, 0.15) is 12.4 Å². The first-order valence-electron chi connectivity index (χ1n) is 13.5. The van der Waals surface area contributed by atoms with Gasteiger partial charge in [0.2, 0.25) is 0 Å². The molecule has 1 aliphatic rings. The van der Waals surface area contributed by atoms with Crippen molar-refractivity contribution in [3.63, 3.8) is 0 Å². The van der Waals surface area contributed by atoms with Gasteiger partial charge in [-0.1, -0.05) is 63.3 Å². The lowest BCUT2D eigenvalue weighted by molar-refractivity contribution is 0.309. The van der Waals surface area contributed by atoms with E-state index in [-0.39, 0.29) is 0 Å². The number of allylic oxidation sites excluding steroid dienone is 5. The molecule has 0 radical (unpaired) electrons. The van der Waals surface area contributed by atoms with E-state index in [0.29, 0.717) is 0 Å². The first-order chi connectivity index (χ1) is 17.2. The fourth-order valence-corrected chi connectivity index (χ4v) is 3.52. The number of rotatable bonds is 11. The van der Waals surface area contributed by atoms with Crippen LogP contribution < -0.4 is 15.0 Å². The van der Waals surface area contributed by atoms with Crippen molar-refractivity contribution in [2.75, 3.05) is 38.2 Å². The highest BCUT2D eigenvalue weighted by atomic mass is 16.5. The van der Waals surface area contributed by atoms with Crippen molar-refractivity contribution in [3.05, 3.63) is 83.9 Å². The third-order valence-electron chi connectivity index (χ3n) is 6.04. The second-order valence-corrected chi connectivity index (χ2v) is 8.89. The summed E-state index contributed by atoms with van der Waals surface area (Å²) in [5, 5.41) is 3.02. The lowest BCUT2D eigenvalue weighted by Gasteiger charge is -2.31.